The Kier molecular flexibility index (Phi) is 3.71. The van der Waals surface area contributed by atoms with Crippen LogP contribution in [0.15, 0.2) is 82.6 Å². The SMILES string of the molecule is O=c1c2ccccc2n(-c2cccc(Cl)c2)c(=O)n1-c1cccnc1. The van der Waals surface area contributed by atoms with Gasteiger partial charge in [0.2, 0.25) is 0 Å². The van der Waals surface area contributed by atoms with Crippen LogP contribution in [0.5, 0.6) is 0 Å². The summed E-state index contributed by atoms with van der Waals surface area (Å²) in [5.41, 5.74) is 0.677. The molecule has 2 aromatic carbocycles. The molecule has 0 unspecified atom stereocenters. The molecular formula is C19H12ClN3O2. The number of hydrogen-bond donors (Lipinski definition) is 0. The van der Waals surface area contributed by atoms with Crippen molar-refractivity contribution in [3.63, 3.8) is 0 Å². The average molecular weight is 350 g/mol. The van der Waals surface area contributed by atoms with E-state index in [-0.39, 0.29) is 5.56 Å². The minimum atomic E-state index is -0.473. The molecule has 0 spiro atoms. The van der Waals surface area contributed by atoms with Crippen molar-refractivity contribution in [2.24, 2.45) is 0 Å². The zero-order chi connectivity index (χ0) is 17.4. The summed E-state index contributed by atoms with van der Waals surface area (Å²) < 4.78 is 2.60. The second-order valence-electron chi connectivity index (χ2n) is 5.47. The fraction of sp³-hybridized carbons (Fsp3) is 0. The highest BCUT2D eigenvalue weighted by molar-refractivity contribution is 6.30. The van der Waals surface area contributed by atoms with Gasteiger partial charge in [-0.3, -0.25) is 14.3 Å². The van der Waals surface area contributed by atoms with Crippen LogP contribution < -0.4 is 11.2 Å². The predicted molar refractivity (Wildman–Crippen MR) is 97.9 cm³/mol. The lowest BCUT2D eigenvalue weighted by molar-refractivity contribution is 0.831. The number of nitrogens with zero attached hydrogens (tertiary/aromatic N) is 3. The number of rotatable bonds is 2. The van der Waals surface area contributed by atoms with E-state index in [1.54, 1.807) is 66.9 Å². The van der Waals surface area contributed by atoms with Crippen molar-refractivity contribution in [3.8, 4) is 11.4 Å². The molecule has 4 aromatic rings. The Bertz CT molecular complexity index is 1200. The van der Waals surface area contributed by atoms with Crippen LogP contribution in [0.4, 0.5) is 0 Å². The molecule has 0 saturated carbocycles. The van der Waals surface area contributed by atoms with Crippen molar-refractivity contribution >= 4 is 22.5 Å². The van der Waals surface area contributed by atoms with Crippen molar-refractivity contribution in [2.45, 2.75) is 0 Å². The predicted octanol–water partition coefficient (Wildman–Crippen LogP) is 3.19. The first-order valence-electron chi connectivity index (χ1n) is 7.60. The summed E-state index contributed by atoms with van der Waals surface area (Å²) in [6.07, 6.45) is 3.07. The van der Waals surface area contributed by atoms with Crippen LogP contribution in [0.2, 0.25) is 5.02 Å². The summed E-state index contributed by atoms with van der Waals surface area (Å²) in [6.45, 7) is 0. The third-order valence-corrected chi connectivity index (χ3v) is 4.17. The zero-order valence-electron chi connectivity index (χ0n) is 13.0. The molecule has 5 nitrogen and oxygen atoms in total. The minimum absolute atomic E-state index is 0.383. The Morgan fingerprint density at radius 1 is 0.840 bits per heavy atom. The van der Waals surface area contributed by atoms with Gasteiger partial charge in [-0.15, -0.1) is 0 Å². The van der Waals surface area contributed by atoms with E-state index in [1.807, 2.05) is 0 Å². The fourth-order valence-electron chi connectivity index (χ4n) is 2.84. The number of para-hydroxylation sites is 1. The van der Waals surface area contributed by atoms with Crippen LogP contribution in [0, 0.1) is 0 Å². The maximum absolute atomic E-state index is 13.2. The van der Waals surface area contributed by atoms with Gasteiger partial charge in [0.25, 0.3) is 5.56 Å². The second-order valence-corrected chi connectivity index (χ2v) is 5.90. The third kappa shape index (κ3) is 2.55. The topological polar surface area (TPSA) is 56.9 Å². The summed E-state index contributed by atoms with van der Waals surface area (Å²) >= 11 is 6.09. The Morgan fingerprint density at radius 3 is 2.40 bits per heavy atom. The van der Waals surface area contributed by atoms with Crippen LogP contribution in [0.25, 0.3) is 22.3 Å². The number of fused-ring (bicyclic) bond motifs is 1. The molecule has 0 fully saturated rings. The van der Waals surface area contributed by atoms with Gasteiger partial charge in [-0.25, -0.2) is 9.36 Å². The smallest absolute Gasteiger partial charge is 0.268 e. The van der Waals surface area contributed by atoms with Crippen LogP contribution >= 0.6 is 11.6 Å². The molecule has 2 aromatic heterocycles. The molecule has 0 aliphatic carbocycles. The lowest BCUT2D eigenvalue weighted by atomic mass is 10.2. The highest BCUT2D eigenvalue weighted by Gasteiger charge is 2.15. The molecule has 0 bridgehead atoms. The molecule has 0 saturated heterocycles. The molecule has 0 radical (unpaired) electrons. The summed E-state index contributed by atoms with van der Waals surface area (Å²) in [5, 5.41) is 0.943. The van der Waals surface area contributed by atoms with Gasteiger partial charge in [-0.05, 0) is 42.5 Å². The van der Waals surface area contributed by atoms with Crippen molar-refractivity contribution in [1.29, 1.82) is 0 Å². The van der Waals surface area contributed by atoms with Gasteiger partial charge < -0.3 is 0 Å². The first kappa shape index (κ1) is 15.4. The van der Waals surface area contributed by atoms with E-state index in [9.17, 15) is 9.59 Å². The number of aromatic nitrogens is 3. The first-order chi connectivity index (χ1) is 12.2. The average Bonchev–Trinajstić information content (AvgIpc) is 2.63. The minimum Gasteiger partial charge on any atom is -0.268 e. The molecular weight excluding hydrogens is 338 g/mol. The molecule has 2 heterocycles. The van der Waals surface area contributed by atoms with Gasteiger partial charge in [-0.2, -0.15) is 0 Å². The van der Waals surface area contributed by atoms with Gasteiger partial charge in [0.1, 0.15) is 0 Å². The summed E-state index contributed by atoms with van der Waals surface area (Å²) in [4.78, 5) is 30.1. The summed E-state index contributed by atoms with van der Waals surface area (Å²) in [5.74, 6) is 0. The lowest BCUT2D eigenvalue weighted by Gasteiger charge is -2.14. The van der Waals surface area contributed by atoms with Gasteiger partial charge in [-0.1, -0.05) is 29.8 Å². The molecule has 0 N–H and O–H groups in total. The maximum Gasteiger partial charge on any atom is 0.340 e. The third-order valence-electron chi connectivity index (χ3n) is 3.93. The molecule has 4 rings (SSSR count). The molecule has 0 aliphatic heterocycles. The maximum atomic E-state index is 13.2. The fourth-order valence-corrected chi connectivity index (χ4v) is 3.02. The zero-order valence-corrected chi connectivity index (χ0v) is 13.7. The first-order valence-corrected chi connectivity index (χ1v) is 7.98. The highest BCUT2D eigenvalue weighted by Crippen LogP contribution is 2.18. The van der Waals surface area contributed by atoms with E-state index in [0.717, 1.165) is 4.57 Å². The van der Waals surface area contributed by atoms with Crippen molar-refractivity contribution in [1.82, 2.24) is 14.1 Å². The van der Waals surface area contributed by atoms with Gasteiger partial charge in [0, 0.05) is 11.2 Å². The van der Waals surface area contributed by atoms with Crippen molar-refractivity contribution < 1.29 is 0 Å². The second kappa shape index (κ2) is 6.03. The van der Waals surface area contributed by atoms with Crippen LogP contribution in [0.1, 0.15) is 0 Å². The Labute approximate surface area is 147 Å². The number of halogens is 1. The molecule has 122 valence electrons. The molecule has 0 atom stereocenters. The van der Waals surface area contributed by atoms with Crippen molar-refractivity contribution in [3.05, 3.63) is 98.9 Å². The highest BCUT2D eigenvalue weighted by atomic mass is 35.5. The quantitative estimate of drug-likeness (QED) is 0.558. The normalized spacial score (nSPS) is 10.9. The molecule has 25 heavy (non-hydrogen) atoms. The van der Waals surface area contributed by atoms with E-state index in [4.69, 9.17) is 11.6 Å². The summed E-state index contributed by atoms with van der Waals surface area (Å²) in [6, 6.07) is 17.3. The van der Waals surface area contributed by atoms with E-state index in [2.05, 4.69) is 4.98 Å². The van der Waals surface area contributed by atoms with Gasteiger partial charge >= 0.3 is 5.69 Å². The molecule has 0 amide bonds. The number of hydrogen-bond acceptors (Lipinski definition) is 3. The lowest BCUT2D eigenvalue weighted by Crippen LogP contribution is -2.38. The Morgan fingerprint density at radius 2 is 1.64 bits per heavy atom. The molecule has 0 aliphatic rings. The Balaban J connectivity index is 2.20. The van der Waals surface area contributed by atoms with Gasteiger partial charge in [0.05, 0.1) is 28.5 Å². The van der Waals surface area contributed by atoms with Crippen LogP contribution in [-0.4, -0.2) is 14.1 Å². The Hall–Kier alpha value is -3.18. The number of pyridine rings is 1. The monoisotopic (exact) mass is 349 g/mol. The van der Waals surface area contributed by atoms with Crippen molar-refractivity contribution in [2.75, 3.05) is 0 Å². The standard InChI is InChI=1S/C19H12ClN3O2/c20-13-5-3-6-14(11-13)22-17-9-2-1-8-16(17)18(24)23(19(22)25)15-7-4-10-21-12-15/h1-12H. The van der Waals surface area contributed by atoms with E-state index >= 15 is 0 Å². The number of benzene rings is 2. The van der Waals surface area contributed by atoms with E-state index in [1.165, 1.54) is 10.8 Å². The van der Waals surface area contributed by atoms with E-state index < -0.39 is 5.69 Å². The van der Waals surface area contributed by atoms with Crippen LogP contribution in [0.3, 0.4) is 0 Å². The van der Waals surface area contributed by atoms with Crippen LogP contribution in [-0.2, 0) is 0 Å². The largest absolute Gasteiger partial charge is 0.340 e. The molecule has 6 heteroatoms. The summed E-state index contributed by atoms with van der Waals surface area (Å²) in [7, 11) is 0. The van der Waals surface area contributed by atoms with E-state index in [0.29, 0.717) is 27.3 Å². The van der Waals surface area contributed by atoms with Gasteiger partial charge in [0.15, 0.2) is 0 Å².